The number of nitrogens with zero attached hydrogens (tertiary/aromatic N) is 1. The van der Waals surface area contributed by atoms with E-state index < -0.39 is 0 Å². The van der Waals surface area contributed by atoms with Gasteiger partial charge in [0.15, 0.2) is 5.78 Å². The predicted molar refractivity (Wildman–Crippen MR) is 72.0 cm³/mol. The van der Waals surface area contributed by atoms with Gasteiger partial charge >= 0.3 is 0 Å². The summed E-state index contributed by atoms with van der Waals surface area (Å²) in [4.78, 5) is 26.1. The van der Waals surface area contributed by atoms with Crippen LogP contribution in [0.25, 0.3) is 0 Å². The fourth-order valence-electron chi connectivity index (χ4n) is 2.08. The Labute approximate surface area is 111 Å². The van der Waals surface area contributed by atoms with Crippen LogP contribution in [-0.2, 0) is 4.79 Å². The number of nitrogens with one attached hydrogen (secondary N) is 1. The number of hydrogen-bond donors (Lipinski definition) is 1. The molecule has 1 saturated heterocycles. The minimum atomic E-state index is 0.0945. The number of hydrogen-bond acceptors (Lipinski definition) is 4. The third-order valence-corrected chi connectivity index (χ3v) is 3.93. The summed E-state index contributed by atoms with van der Waals surface area (Å²) in [5.74, 6) is 0.307. The monoisotopic (exact) mass is 266 g/mol. The average molecular weight is 266 g/mol. The molecule has 2 heterocycles. The zero-order chi connectivity index (χ0) is 12.8. The maximum atomic E-state index is 11.8. The van der Waals surface area contributed by atoms with Crippen molar-refractivity contribution >= 4 is 23.0 Å². The maximum Gasteiger partial charge on any atom is 0.234 e. The minimum Gasteiger partial charge on any atom is -0.355 e. The van der Waals surface area contributed by atoms with Gasteiger partial charge in [-0.2, -0.15) is 0 Å². The first-order valence-corrected chi connectivity index (χ1v) is 7.19. The lowest BCUT2D eigenvalue weighted by Gasteiger charge is -2.17. The van der Waals surface area contributed by atoms with E-state index in [1.807, 2.05) is 17.5 Å². The fraction of sp³-hybridized carbons (Fsp3) is 0.538. The summed E-state index contributed by atoms with van der Waals surface area (Å²) in [7, 11) is 0. The number of amides is 1. The first-order chi connectivity index (χ1) is 8.75. The van der Waals surface area contributed by atoms with Gasteiger partial charge in [-0.15, -0.1) is 11.3 Å². The lowest BCUT2D eigenvalue weighted by Crippen LogP contribution is -2.33. The highest BCUT2D eigenvalue weighted by atomic mass is 32.1. The van der Waals surface area contributed by atoms with Crippen molar-refractivity contribution in [3.8, 4) is 0 Å². The Bertz CT molecular complexity index is 403. The molecule has 1 amide bonds. The van der Waals surface area contributed by atoms with E-state index in [1.54, 1.807) is 0 Å². The number of ketones is 1. The van der Waals surface area contributed by atoms with Crippen LogP contribution >= 0.6 is 11.3 Å². The lowest BCUT2D eigenvalue weighted by molar-refractivity contribution is -0.121. The zero-order valence-electron chi connectivity index (χ0n) is 10.4. The molecular formula is C13H18N2O2S. The SMILES string of the molecule is O=C1CN(CCCC(=O)c2cccs2)CCCN1. The molecule has 2 rings (SSSR count). The highest BCUT2D eigenvalue weighted by Crippen LogP contribution is 2.12. The molecule has 1 N–H and O–H groups in total. The second kappa shape index (κ2) is 6.66. The van der Waals surface area contributed by atoms with Crippen molar-refractivity contribution < 1.29 is 9.59 Å². The van der Waals surface area contributed by atoms with Gasteiger partial charge in [0.1, 0.15) is 0 Å². The van der Waals surface area contributed by atoms with Gasteiger partial charge in [-0.05, 0) is 30.8 Å². The van der Waals surface area contributed by atoms with Gasteiger partial charge in [0.25, 0.3) is 0 Å². The van der Waals surface area contributed by atoms with Crippen molar-refractivity contribution in [2.75, 3.05) is 26.2 Å². The van der Waals surface area contributed by atoms with Gasteiger partial charge in [0.2, 0.25) is 5.91 Å². The van der Waals surface area contributed by atoms with E-state index in [1.165, 1.54) is 11.3 Å². The molecule has 18 heavy (non-hydrogen) atoms. The van der Waals surface area contributed by atoms with Gasteiger partial charge in [-0.25, -0.2) is 0 Å². The molecule has 0 aliphatic carbocycles. The molecule has 98 valence electrons. The summed E-state index contributed by atoms with van der Waals surface area (Å²) >= 11 is 1.49. The molecular weight excluding hydrogens is 248 g/mol. The largest absolute Gasteiger partial charge is 0.355 e. The van der Waals surface area contributed by atoms with E-state index >= 15 is 0 Å². The van der Waals surface area contributed by atoms with Crippen LogP contribution in [0.3, 0.4) is 0 Å². The number of carbonyl (C=O) groups excluding carboxylic acids is 2. The fourth-order valence-corrected chi connectivity index (χ4v) is 2.78. The second-order valence-corrected chi connectivity index (χ2v) is 5.43. The smallest absolute Gasteiger partial charge is 0.234 e. The van der Waals surface area contributed by atoms with E-state index in [9.17, 15) is 9.59 Å². The van der Waals surface area contributed by atoms with Gasteiger partial charge in [0.05, 0.1) is 11.4 Å². The Morgan fingerprint density at radius 2 is 2.39 bits per heavy atom. The van der Waals surface area contributed by atoms with Crippen LogP contribution in [0.4, 0.5) is 0 Å². The molecule has 0 atom stereocenters. The van der Waals surface area contributed by atoms with Gasteiger partial charge in [0, 0.05) is 19.5 Å². The summed E-state index contributed by atoms with van der Waals surface area (Å²) in [5.41, 5.74) is 0. The Morgan fingerprint density at radius 1 is 1.50 bits per heavy atom. The summed E-state index contributed by atoms with van der Waals surface area (Å²) < 4.78 is 0. The van der Waals surface area contributed by atoms with Crippen LogP contribution in [-0.4, -0.2) is 42.8 Å². The molecule has 4 nitrogen and oxygen atoms in total. The molecule has 0 aromatic carbocycles. The standard InChI is InChI=1S/C13H18N2O2S/c16-11(12-5-2-9-18-12)4-1-7-15-8-3-6-14-13(17)10-15/h2,5,9H,1,3-4,6-8,10H2,(H,14,17). The van der Waals surface area contributed by atoms with Crippen molar-refractivity contribution in [1.29, 1.82) is 0 Å². The summed E-state index contributed by atoms with van der Waals surface area (Å²) in [5, 5.41) is 4.77. The third-order valence-electron chi connectivity index (χ3n) is 3.01. The number of rotatable bonds is 5. The van der Waals surface area contributed by atoms with E-state index in [2.05, 4.69) is 10.2 Å². The number of carbonyl (C=O) groups is 2. The molecule has 0 unspecified atom stereocenters. The zero-order valence-corrected chi connectivity index (χ0v) is 11.2. The van der Waals surface area contributed by atoms with Crippen LogP contribution in [0.2, 0.25) is 0 Å². The molecule has 1 aromatic heterocycles. The van der Waals surface area contributed by atoms with Crippen molar-refractivity contribution in [2.24, 2.45) is 0 Å². The third kappa shape index (κ3) is 3.92. The summed E-state index contributed by atoms with van der Waals surface area (Å²) in [6.07, 6.45) is 2.38. The van der Waals surface area contributed by atoms with Crippen molar-refractivity contribution in [3.05, 3.63) is 22.4 Å². The van der Waals surface area contributed by atoms with Gasteiger partial charge < -0.3 is 5.32 Å². The molecule has 0 spiro atoms. The molecule has 0 saturated carbocycles. The maximum absolute atomic E-state index is 11.8. The Kier molecular flexibility index (Phi) is 4.90. The normalized spacial score (nSPS) is 17.2. The Hall–Kier alpha value is -1.20. The molecule has 5 heteroatoms. The van der Waals surface area contributed by atoms with Crippen LogP contribution in [0.15, 0.2) is 17.5 Å². The van der Waals surface area contributed by atoms with E-state index in [-0.39, 0.29) is 11.7 Å². The minimum absolute atomic E-state index is 0.0945. The first kappa shape index (κ1) is 13.2. The molecule has 1 aliphatic rings. The molecule has 1 aromatic rings. The summed E-state index contributed by atoms with van der Waals surface area (Å²) in [6.45, 7) is 2.99. The van der Waals surface area contributed by atoms with Crippen LogP contribution in [0, 0.1) is 0 Å². The molecule has 0 bridgehead atoms. The quantitative estimate of drug-likeness (QED) is 0.822. The molecule has 1 aliphatic heterocycles. The van der Waals surface area contributed by atoms with Gasteiger partial charge in [-0.3, -0.25) is 14.5 Å². The number of Topliss-reactive ketones (excluding diaryl/α,β-unsaturated/α-hetero) is 1. The van der Waals surface area contributed by atoms with Crippen LogP contribution < -0.4 is 5.32 Å². The topological polar surface area (TPSA) is 49.4 Å². The molecule has 1 fully saturated rings. The van der Waals surface area contributed by atoms with E-state index in [0.717, 1.165) is 37.4 Å². The first-order valence-electron chi connectivity index (χ1n) is 6.31. The van der Waals surface area contributed by atoms with Crippen molar-refractivity contribution in [2.45, 2.75) is 19.3 Å². The predicted octanol–water partition coefficient (Wildman–Crippen LogP) is 1.53. The van der Waals surface area contributed by atoms with Crippen molar-refractivity contribution in [3.63, 3.8) is 0 Å². The highest BCUT2D eigenvalue weighted by molar-refractivity contribution is 7.12. The second-order valence-electron chi connectivity index (χ2n) is 4.48. The van der Waals surface area contributed by atoms with Crippen LogP contribution in [0.1, 0.15) is 28.9 Å². The Morgan fingerprint density at radius 3 is 3.17 bits per heavy atom. The number of thiophene rings is 1. The summed E-state index contributed by atoms with van der Waals surface area (Å²) in [6, 6.07) is 3.77. The van der Waals surface area contributed by atoms with E-state index in [0.29, 0.717) is 13.0 Å². The molecule has 0 radical (unpaired) electrons. The van der Waals surface area contributed by atoms with E-state index in [4.69, 9.17) is 0 Å². The highest BCUT2D eigenvalue weighted by Gasteiger charge is 2.14. The van der Waals surface area contributed by atoms with Gasteiger partial charge in [-0.1, -0.05) is 6.07 Å². The Balaban J connectivity index is 1.71. The average Bonchev–Trinajstić information content (AvgIpc) is 2.80. The van der Waals surface area contributed by atoms with Crippen molar-refractivity contribution in [1.82, 2.24) is 10.2 Å². The van der Waals surface area contributed by atoms with Crippen LogP contribution in [0.5, 0.6) is 0 Å². The lowest BCUT2D eigenvalue weighted by atomic mass is 10.2.